The smallest absolute Gasteiger partial charge is 0.283 e. The topological polar surface area (TPSA) is 63.7 Å². The Morgan fingerprint density at radius 2 is 1.64 bits per heavy atom. The first-order chi connectivity index (χ1) is 12.1. The largest absolute Gasteiger partial charge is 0.302 e. The summed E-state index contributed by atoms with van der Waals surface area (Å²) in [6.45, 7) is 2.01. The Morgan fingerprint density at radius 1 is 0.920 bits per heavy atom. The number of aryl methyl sites for hydroxylation is 1. The SMILES string of the molecule is Cc1ccc(-n2ccc3cnn(-c4ccccc4)c(=O)c3c2=N)cc1. The third-order valence-corrected chi connectivity index (χ3v) is 4.20. The molecule has 5 nitrogen and oxygen atoms in total. The van der Waals surface area contributed by atoms with Gasteiger partial charge in [-0.05, 0) is 37.3 Å². The number of nitrogens with one attached hydrogen (secondary N) is 1. The molecule has 0 unspecified atom stereocenters. The van der Waals surface area contributed by atoms with E-state index in [0.717, 1.165) is 11.3 Å². The van der Waals surface area contributed by atoms with Crippen molar-refractivity contribution in [2.24, 2.45) is 0 Å². The monoisotopic (exact) mass is 328 g/mol. The summed E-state index contributed by atoms with van der Waals surface area (Å²) in [5, 5.41) is 13.8. The van der Waals surface area contributed by atoms with E-state index < -0.39 is 0 Å². The van der Waals surface area contributed by atoms with E-state index in [1.54, 1.807) is 17.0 Å². The van der Waals surface area contributed by atoms with Crippen LogP contribution in [0, 0.1) is 12.3 Å². The van der Waals surface area contributed by atoms with Crippen molar-refractivity contribution in [3.63, 3.8) is 0 Å². The van der Waals surface area contributed by atoms with Crippen molar-refractivity contribution in [1.82, 2.24) is 14.3 Å². The number of benzene rings is 2. The Morgan fingerprint density at radius 3 is 2.36 bits per heavy atom. The second-order valence-electron chi connectivity index (χ2n) is 5.90. The van der Waals surface area contributed by atoms with Gasteiger partial charge in [0.15, 0.2) is 0 Å². The summed E-state index contributed by atoms with van der Waals surface area (Å²) in [5.41, 5.74) is 2.53. The predicted molar refractivity (Wildman–Crippen MR) is 97.3 cm³/mol. The number of fused-ring (bicyclic) bond motifs is 1. The molecule has 2 aromatic carbocycles. The molecule has 0 fully saturated rings. The van der Waals surface area contributed by atoms with Gasteiger partial charge in [-0.1, -0.05) is 35.9 Å². The van der Waals surface area contributed by atoms with E-state index >= 15 is 0 Å². The Labute approximate surface area is 143 Å². The summed E-state index contributed by atoms with van der Waals surface area (Å²) in [6.07, 6.45) is 3.42. The normalized spacial score (nSPS) is 10.9. The molecule has 5 heteroatoms. The van der Waals surface area contributed by atoms with E-state index in [4.69, 9.17) is 5.41 Å². The number of nitrogens with zero attached hydrogens (tertiary/aromatic N) is 3. The predicted octanol–water partition coefficient (Wildman–Crippen LogP) is 2.96. The third kappa shape index (κ3) is 2.55. The molecule has 0 bridgehead atoms. The highest BCUT2D eigenvalue weighted by atomic mass is 16.1. The summed E-state index contributed by atoms with van der Waals surface area (Å²) >= 11 is 0. The standard InChI is InChI=1S/C20H16N4O/c1-14-7-9-16(10-8-14)23-12-11-15-13-22-24(17-5-3-2-4-6-17)20(25)18(15)19(23)21/h2-13,21H,1H3. The molecule has 25 heavy (non-hydrogen) atoms. The van der Waals surface area contributed by atoms with Crippen molar-refractivity contribution in [2.45, 2.75) is 6.92 Å². The first-order valence-electron chi connectivity index (χ1n) is 7.96. The molecule has 0 atom stereocenters. The summed E-state index contributed by atoms with van der Waals surface area (Å²) in [7, 11) is 0. The molecule has 0 aliphatic heterocycles. The summed E-state index contributed by atoms with van der Waals surface area (Å²) in [4.78, 5) is 13.0. The van der Waals surface area contributed by atoms with Crippen LogP contribution in [-0.2, 0) is 0 Å². The highest BCUT2D eigenvalue weighted by Crippen LogP contribution is 2.11. The molecule has 0 saturated heterocycles. The zero-order chi connectivity index (χ0) is 17.4. The summed E-state index contributed by atoms with van der Waals surface area (Å²) in [5.74, 6) is 0. The van der Waals surface area contributed by atoms with Crippen molar-refractivity contribution in [3.05, 3.63) is 94.5 Å². The fourth-order valence-electron chi connectivity index (χ4n) is 2.85. The number of hydrogen-bond acceptors (Lipinski definition) is 3. The average molecular weight is 328 g/mol. The number of pyridine rings is 1. The van der Waals surface area contributed by atoms with Gasteiger partial charge in [0.2, 0.25) is 0 Å². The zero-order valence-corrected chi connectivity index (χ0v) is 13.7. The minimum Gasteiger partial charge on any atom is -0.302 e. The summed E-state index contributed by atoms with van der Waals surface area (Å²) in [6, 6.07) is 18.9. The van der Waals surface area contributed by atoms with Crippen molar-refractivity contribution in [3.8, 4) is 11.4 Å². The van der Waals surface area contributed by atoms with Gasteiger partial charge < -0.3 is 4.57 Å². The minimum atomic E-state index is -0.296. The van der Waals surface area contributed by atoms with Crippen LogP contribution in [-0.4, -0.2) is 14.3 Å². The fourth-order valence-corrected chi connectivity index (χ4v) is 2.85. The molecule has 0 radical (unpaired) electrons. The van der Waals surface area contributed by atoms with Crippen molar-refractivity contribution in [2.75, 3.05) is 0 Å². The quantitative estimate of drug-likeness (QED) is 0.615. The van der Waals surface area contributed by atoms with Crippen LogP contribution in [0.1, 0.15) is 5.56 Å². The van der Waals surface area contributed by atoms with E-state index in [1.807, 2.05) is 67.6 Å². The van der Waals surface area contributed by atoms with Crippen LogP contribution >= 0.6 is 0 Å². The molecule has 4 rings (SSSR count). The van der Waals surface area contributed by atoms with Gasteiger partial charge in [-0.3, -0.25) is 10.2 Å². The molecule has 1 N–H and O–H groups in total. The molecule has 4 aromatic rings. The van der Waals surface area contributed by atoms with Crippen molar-refractivity contribution in [1.29, 1.82) is 5.41 Å². The van der Waals surface area contributed by atoms with Crippen LogP contribution in [0.15, 0.2) is 77.9 Å². The van der Waals surface area contributed by atoms with Crippen molar-refractivity contribution < 1.29 is 0 Å². The Bertz CT molecular complexity index is 1170. The first-order valence-corrected chi connectivity index (χ1v) is 7.96. The number of aromatic nitrogens is 3. The van der Waals surface area contributed by atoms with Gasteiger partial charge in [0.25, 0.3) is 5.56 Å². The van der Waals surface area contributed by atoms with Gasteiger partial charge >= 0.3 is 0 Å². The highest BCUT2D eigenvalue weighted by molar-refractivity contribution is 5.79. The molecule has 0 spiro atoms. The van der Waals surface area contributed by atoms with Gasteiger partial charge in [0.1, 0.15) is 5.49 Å². The second kappa shape index (κ2) is 5.87. The number of hydrogen-bond donors (Lipinski definition) is 1. The maximum Gasteiger partial charge on any atom is 0.283 e. The fraction of sp³-hybridized carbons (Fsp3) is 0.0500. The van der Waals surface area contributed by atoms with Crippen LogP contribution in [0.25, 0.3) is 22.1 Å². The van der Waals surface area contributed by atoms with Gasteiger partial charge in [-0.2, -0.15) is 9.78 Å². The molecular formula is C20H16N4O. The van der Waals surface area contributed by atoms with E-state index in [0.29, 0.717) is 16.5 Å². The van der Waals surface area contributed by atoms with Crippen LogP contribution in [0.3, 0.4) is 0 Å². The Hall–Kier alpha value is -3.47. The maximum absolute atomic E-state index is 13.0. The highest BCUT2D eigenvalue weighted by Gasteiger charge is 2.10. The Balaban J connectivity index is 2.00. The lowest BCUT2D eigenvalue weighted by molar-refractivity contribution is 0.813. The lowest BCUT2D eigenvalue weighted by Gasteiger charge is -2.10. The average Bonchev–Trinajstić information content (AvgIpc) is 2.64. The second-order valence-corrected chi connectivity index (χ2v) is 5.90. The minimum absolute atomic E-state index is 0.151. The van der Waals surface area contributed by atoms with Crippen LogP contribution in [0.4, 0.5) is 0 Å². The van der Waals surface area contributed by atoms with Crippen LogP contribution in [0.5, 0.6) is 0 Å². The van der Waals surface area contributed by atoms with E-state index in [2.05, 4.69) is 5.10 Å². The van der Waals surface area contributed by atoms with Crippen LogP contribution in [0.2, 0.25) is 0 Å². The van der Waals surface area contributed by atoms with Gasteiger partial charge in [0, 0.05) is 17.3 Å². The molecule has 122 valence electrons. The van der Waals surface area contributed by atoms with E-state index in [-0.39, 0.29) is 11.0 Å². The van der Waals surface area contributed by atoms with Crippen molar-refractivity contribution >= 4 is 10.8 Å². The molecule has 0 saturated carbocycles. The molecule has 0 aliphatic rings. The zero-order valence-electron chi connectivity index (χ0n) is 13.7. The van der Waals surface area contributed by atoms with E-state index in [1.165, 1.54) is 4.68 Å². The maximum atomic E-state index is 13.0. The lowest BCUT2D eigenvalue weighted by Crippen LogP contribution is -2.29. The lowest BCUT2D eigenvalue weighted by atomic mass is 10.2. The van der Waals surface area contributed by atoms with Crippen LogP contribution < -0.4 is 11.0 Å². The third-order valence-electron chi connectivity index (χ3n) is 4.20. The number of para-hydroxylation sites is 1. The molecule has 2 heterocycles. The van der Waals surface area contributed by atoms with Gasteiger partial charge in [-0.15, -0.1) is 0 Å². The molecular weight excluding hydrogens is 312 g/mol. The molecule has 0 amide bonds. The Kier molecular flexibility index (Phi) is 3.54. The summed E-state index contributed by atoms with van der Waals surface area (Å²) < 4.78 is 3.04. The van der Waals surface area contributed by atoms with E-state index in [9.17, 15) is 4.79 Å². The molecule has 2 aromatic heterocycles. The van der Waals surface area contributed by atoms with Gasteiger partial charge in [0.05, 0.1) is 17.3 Å². The van der Waals surface area contributed by atoms with Gasteiger partial charge in [-0.25, -0.2) is 0 Å². The first kappa shape index (κ1) is 15.1. The molecule has 0 aliphatic carbocycles. The number of rotatable bonds is 2.